The monoisotopic (exact) mass is 743 g/mol. The summed E-state index contributed by atoms with van der Waals surface area (Å²) >= 11 is 11.4. The van der Waals surface area contributed by atoms with Crippen LogP contribution in [0.5, 0.6) is 11.5 Å². The number of fused-ring (bicyclic) bond motifs is 1. The lowest BCUT2D eigenvalue weighted by Crippen LogP contribution is -2.31. The maximum atomic E-state index is 14.2. The quantitative estimate of drug-likeness (QED) is 0.130. The van der Waals surface area contributed by atoms with E-state index in [1.807, 2.05) is 113 Å². The van der Waals surface area contributed by atoms with Crippen LogP contribution in [0.15, 0.2) is 106 Å². The zero-order chi connectivity index (χ0) is 33.8. The fourth-order valence-corrected chi connectivity index (χ4v) is 6.83. The number of anilines is 2. The first-order valence-corrected chi connectivity index (χ1v) is 17.7. The zero-order valence-electron chi connectivity index (χ0n) is 27.0. The van der Waals surface area contributed by atoms with Gasteiger partial charge in [0.1, 0.15) is 12.6 Å². The molecule has 2 heterocycles. The van der Waals surface area contributed by atoms with Crippen LogP contribution in [0, 0.1) is 13.8 Å². The van der Waals surface area contributed by atoms with Crippen molar-refractivity contribution < 1.29 is 14.3 Å². The van der Waals surface area contributed by atoms with E-state index >= 15 is 0 Å². The molecule has 48 heavy (non-hydrogen) atoms. The molecule has 0 spiro atoms. The topological polar surface area (TPSA) is 90.3 Å². The smallest absolute Gasteiger partial charge is 0.255 e. The van der Waals surface area contributed by atoms with Gasteiger partial charge in [-0.1, -0.05) is 87.8 Å². The SMILES string of the molecule is CCOc1cc(C2C(C(=O)Nc3cccc(C)c3C)=C(C)Nc3nc(SCc4ccccc4Cl)nn32)ccc1OCc1ccc(Br)cc1. The Kier molecular flexibility index (Phi) is 10.4. The fourth-order valence-electron chi connectivity index (χ4n) is 5.45. The Bertz CT molecular complexity index is 2000. The number of nitrogens with zero attached hydrogens (tertiary/aromatic N) is 3. The number of aromatic nitrogens is 3. The first-order valence-electron chi connectivity index (χ1n) is 15.5. The van der Waals surface area contributed by atoms with Gasteiger partial charge in [0, 0.05) is 26.6 Å². The summed E-state index contributed by atoms with van der Waals surface area (Å²) in [6.07, 6.45) is 0. The van der Waals surface area contributed by atoms with Gasteiger partial charge in [-0.2, -0.15) is 4.98 Å². The summed E-state index contributed by atoms with van der Waals surface area (Å²) in [4.78, 5) is 19.0. The molecule has 2 N–H and O–H groups in total. The maximum Gasteiger partial charge on any atom is 0.255 e. The summed E-state index contributed by atoms with van der Waals surface area (Å²) in [7, 11) is 0. The summed E-state index contributed by atoms with van der Waals surface area (Å²) < 4.78 is 15.1. The molecule has 11 heteroatoms. The Balaban J connectivity index is 1.37. The highest BCUT2D eigenvalue weighted by atomic mass is 79.9. The first-order chi connectivity index (χ1) is 23.2. The number of allylic oxidation sites excluding steroid dienone is 1. The molecule has 0 fully saturated rings. The van der Waals surface area contributed by atoms with E-state index in [-0.39, 0.29) is 5.91 Å². The molecule has 0 aliphatic carbocycles. The van der Waals surface area contributed by atoms with Gasteiger partial charge >= 0.3 is 0 Å². The highest BCUT2D eigenvalue weighted by Crippen LogP contribution is 2.40. The van der Waals surface area contributed by atoms with Crippen LogP contribution in [0.4, 0.5) is 11.6 Å². The standard InChI is InChI=1S/C37H35BrClN5O3S/c1-5-46-32-19-26(15-18-31(32)47-20-25-13-16-28(38)17-14-25)34-33(35(45)41-30-12-8-9-22(2)23(30)3)24(4)40-36-42-37(43-44(34)36)48-21-27-10-6-7-11-29(27)39/h6-19,34H,5,20-21H2,1-4H3,(H,41,45)(H,40,42,43). The molecule has 5 aromatic rings. The Morgan fingerprint density at radius 2 is 1.79 bits per heavy atom. The van der Waals surface area contributed by atoms with Crippen molar-refractivity contribution in [1.82, 2.24) is 14.8 Å². The van der Waals surface area contributed by atoms with Crippen LogP contribution in [0.25, 0.3) is 0 Å². The summed E-state index contributed by atoms with van der Waals surface area (Å²) in [5.41, 5.74) is 6.87. The van der Waals surface area contributed by atoms with Crippen LogP contribution in [-0.4, -0.2) is 27.3 Å². The predicted octanol–water partition coefficient (Wildman–Crippen LogP) is 9.51. The van der Waals surface area contributed by atoms with Crippen LogP contribution in [-0.2, 0) is 17.2 Å². The molecular formula is C37H35BrClN5O3S. The van der Waals surface area contributed by atoms with E-state index < -0.39 is 6.04 Å². The molecule has 1 aliphatic heterocycles. The number of ether oxygens (including phenoxy) is 2. The average Bonchev–Trinajstić information content (AvgIpc) is 3.48. The number of hydrogen-bond donors (Lipinski definition) is 2. The molecule has 0 bridgehead atoms. The molecule has 1 amide bonds. The van der Waals surface area contributed by atoms with E-state index in [1.54, 1.807) is 4.68 Å². The van der Waals surface area contributed by atoms with Crippen molar-refractivity contribution in [3.05, 3.63) is 134 Å². The van der Waals surface area contributed by atoms with Crippen molar-refractivity contribution in [3.8, 4) is 11.5 Å². The average molecular weight is 745 g/mol. The first kappa shape index (κ1) is 33.6. The van der Waals surface area contributed by atoms with E-state index in [2.05, 4.69) is 26.6 Å². The number of carbonyl (C=O) groups is 1. The van der Waals surface area contributed by atoms with Gasteiger partial charge in [-0.15, -0.1) is 5.10 Å². The molecule has 1 aliphatic rings. The molecule has 1 unspecified atom stereocenters. The number of carbonyl (C=O) groups excluding carboxylic acids is 1. The highest BCUT2D eigenvalue weighted by molar-refractivity contribution is 9.10. The lowest BCUT2D eigenvalue weighted by molar-refractivity contribution is -0.113. The van der Waals surface area contributed by atoms with Crippen LogP contribution in [0.2, 0.25) is 5.02 Å². The number of rotatable bonds is 11. The van der Waals surface area contributed by atoms with Gasteiger partial charge in [0.15, 0.2) is 11.5 Å². The van der Waals surface area contributed by atoms with Gasteiger partial charge in [0.05, 0.1) is 12.2 Å². The minimum Gasteiger partial charge on any atom is -0.490 e. The van der Waals surface area contributed by atoms with Crippen molar-refractivity contribution in [2.45, 2.75) is 51.3 Å². The summed E-state index contributed by atoms with van der Waals surface area (Å²) in [6.45, 7) is 8.67. The second-order valence-electron chi connectivity index (χ2n) is 11.4. The molecule has 6 rings (SSSR count). The Hall–Kier alpha value is -4.25. The van der Waals surface area contributed by atoms with E-state index in [0.29, 0.717) is 57.9 Å². The largest absolute Gasteiger partial charge is 0.490 e. The van der Waals surface area contributed by atoms with Gasteiger partial charge in [-0.25, -0.2) is 4.68 Å². The number of nitrogens with one attached hydrogen (secondary N) is 2. The molecule has 0 radical (unpaired) electrons. The molecule has 1 aromatic heterocycles. The maximum absolute atomic E-state index is 14.2. The van der Waals surface area contributed by atoms with Gasteiger partial charge < -0.3 is 20.1 Å². The van der Waals surface area contributed by atoms with Crippen molar-refractivity contribution in [2.24, 2.45) is 0 Å². The van der Waals surface area contributed by atoms with Crippen LogP contribution < -0.4 is 20.1 Å². The molecule has 4 aromatic carbocycles. The van der Waals surface area contributed by atoms with Gasteiger partial charge in [0.2, 0.25) is 11.1 Å². The van der Waals surface area contributed by atoms with Crippen LogP contribution >= 0.6 is 39.3 Å². The molecule has 246 valence electrons. The minimum atomic E-state index is -0.603. The Morgan fingerprint density at radius 3 is 2.56 bits per heavy atom. The van der Waals surface area contributed by atoms with Crippen LogP contribution in [0.1, 0.15) is 47.7 Å². The third kappa shape index (κ3) is 7.41. The number of halogens is 2. The number of benzene rings is 4. The summed E-state index contributed by atoms with van der Waals surface area (Å²) in [5.74, 6) is 2.08. The fraction of sp³-hybridized carbons (Fsp3) is 0.216. The molecule has 0 saturated heterocycles. The lowest BCUT2D eigenvalue weighted by Gasteiger charge is -2.29. The van der Waals surface area contributed by atoms with E-state index in [1.165, 1.54) is 11.8 Å². The van der Waals surface area contributed by atoms with Gasteiger partial charge in [-0.05, 0) is 91.9 Å². The molecular weight excluding hydrogens is 710 g/mol. The van der Waals surface area contributed by atoms with E-state index in [0.717, 1.165) is 38.0 Å². The summed E-state index contributed by atoms with van der Waals surface area (Å²) in [6, 6.07) is 26.8. The Labute approximate surface area is 298 Å². The zero-order valence-corrected chi connectivity index (χ0v) is 30.2. The number of amides is 1. The van der Waals surface area contributed by atoms with Crippen molar-refractivity contribution in [2.75, 3.05) is 17.2 Å². The van der Waals surface area contributed by atoms with Crippen molar-refractivity contribution >= 4 is 56.8 Å². The van der Waals surface area contributed by atoms with Crippen LogP contribution in [0.3, 0.4) is 0 Å². The minimum absolute atomic E-state index is 0.237. The predicted molar refractivity (Wildman–Crippen MR) is 196 cm³/mol. The number of hydrogen-bond acceptors (Lipinski definition) is 7. The van der Waals surface area contributed by atoms with Crippen molar-refractivity contribution in [3.63, 3.8) is 0 Å². The Morgan fingerprint density at radius 1 is 1.00 bits per heavy atom. The van der Waals surface area contributed by atoms with Gasteiger partial charge in [0.25, 0.3) is 5.91 Å². The summed E-state index contributed by atoms with van der Waals surface area (Å²) in [5, 5.41) is 12.7. The lowest BCUT2D eigenvalue weighted by atomic mass is 9.94. The molecule has 0 saturated carbocycles. The normalized spacial score (nSPS) is 13.9. The number of thioether (sulfide) groups is 1. The second kappa shape index (κ2) is 14.9. The number of aryl methyl sites for hydroxylation is 1. The molecule has 1 atom stereocenters. The second-order valence-corrected chi connectivity index (χ2v) is 13.6. The van der Waals surface area contributed by atoms with Crippen molar-refractivity contribution in [1.29, 1.82) is 0 Å². The third-order valence-corrected chi connectivity index (χ3v) is 9.92. The van der Waals surface area contributed by atoms with E-state index in [9.17, 15) is 4.79 Å². The van der Waals surface area contributed by atoms with Gasteiger partial charge in [-0.3, -0.25) is 4.79 Å². The van der Waals surface area contributed by atoms with E-state index in [4.69, 9.17) is 31.2 Å². The molecule has 8 nitrogen and oxygen atoms in total. The third-order valence-electron chi connectivity index (χ3n) is 8.14. The highest BCUT2D eigenvalue weighted by Gasteiger charge is 2.35.